The van der Waals surface area contributed by atoms with E-state index in [1.165, 1.54) is 36.5 Å². The van der Waals surface area contributed by atoms with E-state index in [-0.39, 0.29) is 25.1 Å². The predicted molar refractivity (Wildman–Crippen MR) is 130 cm³/mol. The number of likely N-dealkylation sites (tertiary alicyclic amines) is 1. The number of aliphatic hydroxyl groups is 1. The summed E-state index contributed by atoms with van der Waals surface area (Å²) in [6.45, 7) is 1.66. The Morgan fingerprint density at radius 1 is 1.16 bits per heavy atom. The minimum atomic E-state index is -1.30. The van der Waals surface area contributed by atoms with Crippen LogP contribution >= 0.6 is 0 Å². The van der Waals surface area contributed by atoms with Crippen molar-refractivity contribution in [2.24, 2.45) is 5.73 Å². The number of aromatic amines is 1. The monoisotopic (exact) mass is 516 g/mol. The summed E-state index contributed by atoms with van der Waals surface area (Å²) in [5.74, 6) is -3.13. The highest BCUT2D eigenvalue weighted by Gasteiger charge is 2.39. The standard InChI is InChI=1S/C24H32N6O7/c1-13(31)20(25)23(35)30-8-2-3-19(30)22(34)28-17(10-15-11-26-12-27-15)21(33)29-18(24(36)37)9-14-4-6-16(32)7-5-14/h4-7,11-13,17-20,31-32H,2-3,8-10,25H2,1H3,(H,26,27)(H,28,34)(H,29,33)(H,36,37). The molecule has 0 radical (unpaired) electrons. The summed E-state index contributed by atoms with van der Waals surface area (Å²) in [4.78, 5) is 59.0. The number of nitrogens with two attached hydrogens (primary N) is 1. The largest absolute Gasteiger partial charge is 0.508 e. The molecule has 1 aromatic heterocycles. The number of phenols is 1. The van der Waals surface area contributed by atoms with Gasteiger partial charge in [0.2, 0.25) is 17.7 Å². The molecule has 1 saturated heterocycles. The molecule has 2 aromatic rings. The van der Waals surface area contributed by atoms with Crippen LogP contribution in [0.15, 0.2) is 36.8 Å². The zero-order valence-corrected chi connectivity index (χ0v) is 20.3. The second-order valence-electron chi connectivity index (χ2n) is 9.07. The molecule has 0 spiro atoms. The van der Waals surface area contributed by atoms with E-state index in [0.717, 1.165) is 0 Å². The van der Waals surface area contributed by atoms with Gasteiger partial charge in [-0.25, -0.2) is 9.78 Å². The van der Waals surface area contributed by atoms with E-state index in [9.17, 15) is 34.5 Å². The van der Waals surface area contributed by atoms with Crippen LogP contribution in [-0.2, 0) is 32.0 Å². The molecule has 3 rings (SSSR count). The molecule has 1 aliphatic heterocycles. The van der Waals surface area contributed by atoms with Crippen LogP contribution in [0.3, 0.4) is 0 Å². The Bertz CT molecular complexity index is 1090. The van der Waals surface area contributed by atoms with E-state index in [0.29, 0.717) is 24.1 Å². The van der Waals surface area contributed by atoms with Crippen LogP contribution in [0.5, 0.6) is 5.75 Å². The third-order valence-electron chi connectivity index (χ3n) is 6.25. The number of phenolic OH excluding ortho intramolecular Hbond substituents is 1. The number of imidazole rings is 1. The van der Waals surface area contributed by atoms with E-state index >= 15 is 0 Å². The van der Waals surface area contributed by atoms with Gasteiger partial charge in [-0.05, 0) is 37.5 Å². The normalized spacial score (nSPS) is 18.5. The highest BCUT2D eigenvalue weighted by Crippen LogP contribution is 2.19. The number of aliphatic carboxylic acids is 1. The van der Waals surface area contributed by atoms with E-state index in [4.69, 9.17) is 5.73 Å². The van der Waals surface area contributed by atoms with Gasteiger partial charge in [-0.3, -0.25) is 14.4 Å². The van der Waals surface area contributed by atoms with Crippen LogP contribution in [0.2, 0.25) is 0 Å². The Kier molecular flexibility index (Phi) is 9.20. The van der Waals surface area contributed by atoms with Gasteiger partial charge in [0.05, 0.1) is 12.4 Å². The maximum absolute atomic E-state index is 13.2. The number of hydrogen-bond donors (Lipinski definition) is 7. The molecule has 1 aromatic carbocycles. The highest BCUT2D eigenvalue weighted by atomic mass is 16.4. The number of nitrogens with zero attached hydrogens (tertiary/aromatic N) is 2. The summed E-state index contributed by atoms with van der Waals surface area (Å²) in [7, 11) is 0. The van der Waals surface area contributed by atoms with Crippen molar-refractivity contribution in [1.29, 1.82) is 0 Å². The molecular formula is C24H32N6O7. The van der Waals surface area contributed by atoms with Crippen molar-refractivity contribution in [1.82, 2.24) is 25.5 Å². The quantitative estimate of drug-likeness (QED) is 0.188. The van der Waals surface area contributed by atoms with Crippen molar-refractivity contribution in [2.45, 2.75) is 62.9 Å². The molecule has 8 N–H and O–H groups in total. The summed E-state index contributed by atoms with van der Waals surface area (Å²) in [6.07, 6.45) is 2.63. The first-order valence-corrected chi connectivity index (χ1v) is 11.9. The number of aromatic nitrogens is 2. The Morgan fingerprint density at radius 3 is 2.46 bits per heavy atom. The van der Waals surface area contributed by atoms with Gasteiger partial charge >= 0.3 is 5.97 Å². The molecule has 3 amide bonds. The van der Waals surface area contributed by atoms with Gasteiger partial charge < -0.3 is 41.6 Å². The number of H-pyrrole nitrogens is 1. The number of carbonyl (C=O) groups excluding carboxylic acids is 3. The number of amides is 3. The maximum atomic E-state index is 13.2. The van der Waals surface area contributed by atoms with Crippen molar-refractivity contribution >= 4 is 23.7 Å². The first-order valence-electron chi connectivity index (χ1n) is 11.9. The van der Waals surface area contributed by atoms with Gasteiger partial charge in [0.1, 0.15) is 29.9 Å². The summed E-state index contributed by atoms with van der Waals surface area (Å²) in [5.41, 5.74) is 6.89. The lowest BCUT2D eigenvalue weighted by molar-refractivity contribution is -0.143. The van der Waals surface area contributed by atoms with Gasteiger partial charge in [-0.1, -0.05) is 12.1 Å². The number of carboxylic acids is 1. The van der Waals surface area contributed by atoms with Crippen LogP contribution in [0.4, 0.5) is 0 Å². The number of carboxylic acid groups (broad SMARTS) is 1. The van der Waals surface area contributed by atoms with Crippen molar-refractivity contribution < 1.29 is 34.5 Å². The van der Waals surface area contributed by atoms with Crippen LogP contribution in [-0.4, -0.2) is 90.7 Å². The molecule has 0 bridgehead atoms. The van der Waals surface area contributed by atoms with Crippen molar-refractivity contribution in [3.63, 3.8) is 0 Å². The van der Waals surface area contributed by atoms with Gasteiger partial charge in [0, 0.05) is 31.3 Å². The lowest BCUT2D eigenvalue weighted by Crippen LogP contribution is -2.58. The van der Waals surface area contributed by atoms with Crippen LogP contribution in [0.25, 0.3) is 0 Å². The van der Waals surface area contributed by atoms with Crippen LogP contribution < -0.4 is 16.4 Å². The lowest BCUT2D eigenvalue weighted by atomic mass is 10.0. The number of benzene rings is 1. The number of rotatable bonds is 11. The molecule has 200 valence electrons. The highest BCUT2D eigenvalue weighted by molar-refractivity contribution is 5.94. The average molecular weight is 517 g/mol. The number of aliphatic hydroxyl groups excluding tert-OH is 1. The smallest absolute Gasteiger partial charge is 0.326 e. The van der Waals surface area contributed by atoms with Crippen molar-refractivity contribution in [3.8, 4) is 5.75 Å². The third-order valence-corrected chi connectivity index (χ3v) is 6.25. The molecule has 13 heteroatoms. The van der Waals surface area contributed by atoms with Crippen LogP contribution in [0.1, 0.15) is 31.0 Å². The van der Waals surface area contributed by atoms with Gasteiger partial charge in [-0.15, -0.1) is 0 Å². The topological polar surface area (TPSA) is 211 Å². The molecule has 1 aliphatic rings. The Morgan fingerprint density at radius 2 is 1.86 bits per heavy atom. The van der Waals surface area contributed by atoms with E-state index < -0.39 is 54.0 Å². The molecule has 0 aliphatic carbocycles. The van der Waals surface area contributed by atoms with Gasteiger partial charge in [0.25, 0.3) is 0 Å². The number of nitrogens with one attached hydrogen (secondary N) is 3. The second kappa shape index (κ2) is 12.3. The molecule has 2 heterocycles. The summed E-state index contributed by atoms with van der Waals surface area (Å²) in [6, 6.07) is 1.38. The van der Waals surface area contributed by atoms with E-state index in [1.807, 2.05) is 0 Å². The lowest BCUT2D eigenvalue weighted by Gasteiger charge is -2.29. The average Bonchev–Trinajstić information content (AvgIpc) is 3.55. The number of hydrogen-bond acceptors (Lipinski definition) is 8. The zero-order valence-electron chi connectivity index (χ0n) is 20.3. The predicted octanol–water partition coefficient (Wildman–Crippen LogP) is -1.35. The number of aromatic hydroxyl groups is 1. The first-order chi connectivity index (χ1) is 17.6. The van der Waals surface area contributed by atoms with Crippen molar-refractivity contribution in [2.75, 3.05) is 6.54 Å². The Balaban J connectivity index is 1.74. The van der Waals surface area contributed by atoms with Crippen molar-refractivity contribution in [3.05, 3.63) is 48.0 Å². The van der Waals surface area contributed by atoms with Gasteiger partial charge in [0.15, 0.2) is 0 Å². The minimum absolute atomic E-state index is 0.00300. The van der Waals surface area contributed by atoms with E-state index in [1.54, 1.807) is 12.1 Å². The van der Waals surface area contributed by atoms with Crippen LogP contribution in [0, 0.1) is 0 Å². The Hall–Kier alpha value is -3.97. The summed E-state index contributed by atoms with van der Waals surface area (Å²) in [5, 5.41) is 33.9. The third kappa shape index (κ3) is 7.27. The molecule has 37 heavy (non-hydrogen) atoms. The minimum Gasteiger partial charge on any atom is -0.508 e. The number of carbonyl (C=O) groups is 4. The molecule has 13 nitrogen and oxygen atoms in total. The Labute approximate surface area is 213 Å². The van der Waals surface area contributed by atoms with E-state index in [2.05, 4.69) is 20.6 Å². The zero-order chi connectivity index (χ0) is 27.1. The molecule has 5 atom stereocenters. The SMILES string of the molecule is CC(O)C(N)C(=O)N1CCCC1C(=O)NC(Cc1cnc[nH]1)C(=O)NC(Cc1ccc(O)cc1)C(=O)O. The van der Waals surface area contributed by atoms with Gasteiger partial charge in [-0.2, -0.15) is 0 Å². The molecule has 0 saturated carbocycles. The molecular weight excluding hydrogens is 484 g/mol. The fourth-order valence-electron chi connectivity index (χ4n) is 4.13. The fraction of sp³-hybridized carbons (Fsp3) is 0.458. The first kappa shape index (κ1) is 27.6. The fourth-order valence-corrected chi connectivity index (χ4v) is 4.13. The summed E-state index contributed by atoms with van der Waals surface area (Å²) >= 11 is 0. The summed E-state index contributed by atoms with van der Waals surface area (Å²) < 4.78 is 0. The maximum Gasteiger partial charge on any atom is 0.326 e. The molecule has 5 unspecified atom stereocenters. The second-order valence-corrected chi connectivity index (χ2v) is 9.07. The molecule has 1 fully saturated rings.